The highest BCUT2D eigenvalue weighted by atomic mass is 35.5. The second-order valence-corrected chi connectivity index (χ2v) is 4.85. The third kappa shape index (κ3) is 2.92. The van der Waals surface area contributed by atoms with Gasteiger partial charge in [0.05, 0.1) is 23.9 Å². The third-order valence-electron chi connectivity index (χ3n) is 3.12. The first-order valence-electron chi connectivity index (χ1n) is 6.05. The number of morpholine rings is 1. The first kappa shape index (κ1) is 12.7. The molecule has 1 unspecified atom stereocenters. The number of hydrogen-bond acceptors (Lipinski definition) is 3. The van der Waals surface area contributed by atoms with Gasteiger partial charge in [-0.3, -0.25) is 0 Å². The van der Waals surface area contributed by atoms with E-state index in [1.807, 2.05) is 6.07 Å². The van der Waals surface area contributed by atoms with Crippen LogP contribution in [0, 0.1) is 0 Å². The molecule has 2 rings (SSSR count). The van der Waals surface area contributed by atoms with Crippen LogP contribution >= 0.6 is 11.6 Å². The number of halogens is 1. The minimum absolute atomic E-state index is 0.376. The summed E-state index contributed by atoms with van der Waals surface area (Å²) in [5.41, 5.74) is 7.84. The number of nitrogens with two attached hydrogens (primary N) is 1. The Labute approximate surface area is 107 Å². The van der Waals surface area contributed by atoms with Crippen molar-refractivity contribution >= 4 is 17.3 Å². The maximum atomic E-state index is 6.34. The first-order valence-corrected chi connectivity index (χ1v) is 6.43. The maximum absolute atomic E-state index is 6.34. The largest absolute Gasteiger partial charge is 0.377 e. The number of ether oxygens (including phenoxy) is 1. The fourth-order valence-electron chi connectivity index (χ4n) is 2.19. The minimum atomic E-state index is 0.376. The Kier molecular flexibility index (Phi) is 4.26. The van der Waals surface area contributed by atoms with E-state index in [1.54, 1.807) is 0 Å². The van der Waals surface area contributed by atoms with Gasteiger partial charge in [-0.05, 0) is 37.6 Å². The van der Waals surface area contributed by atoms with E-state index in [4.69, 9.17) is 22.1 Å². The molecule has 1 heterocycles. The van der Waals surface area contributed by atoms with Gasteiger partial charge in [-0.1, -0.05) is 17.7 Å². The number of hydrogen-bond donors (Lipinski definition) is 1. The van der Waals surface area contributed by atoms with Gasteiger partial charge in [0.15, 0.2) is 0 Å². The van der Waals surface area contributed by atoms with Crippen molar-refractivity contribution in [3.8, 4) is 0 Å². The van der Waals surface area contributed by atoms with Gasteiger partial charge in [-0.25, -0.2) is 0 Å². The molecule has 0 bridgehead atoms. The van der Waals surface area contributed by atoms with Crippen molar-refractivity contribution in [3.05, 3.63) is 28.8 Å². The molecule has 0 aliphatic carbocycles. The summed E-state index contributed by atoms with van der Waals surface area (Å²) in [5, 5.41) is 0.810. The Balaban J connectivity index is 2.20. The van der Waals surface area contributed by atoms with Gasteiger partial charge < -0.3 is 15.4 Å². The summed E-state index contributed by atoms with van der Waals surface area (Å²) < 4.78 is 5.43. The molecule has 1 atom stereocenters. The predicted octanol–water partition coefficient (Wildman–Crippen LogP) is 2.07. The standard InChI is InChI=1S/C13H19ClN2O/c1-10-9-17-7-6-16(10)13-3-2-11(4-5-15)8-12(13)14/h2-3,8,10H,4-7,9,15H2,1H3. The molecule has 2 N–H and O–H groups in total. The van der Waals surface area contributed by atoms with Crippen LogP contribution in [-0.2, 0) is 11.2 Å². The molecule has 3 nitrogen and oxygen atoms in total. The van der Waals surface area contributed by atoms with Crippen LogP contribution in [0.15, 0.2) is 18.2 Å². The third-order valence-corrected chi connectivity index (χ3v) is 3.42. The summed E-state index contributed by atoms with van der Waals surface area (Å²) in [5.74, 6) is 0. The van der Waals surface area contributed by atoms with Crippen LogP contribution in [0.1, 0.15) is 12.5 Å². The lowest BCUT2D eigenvalue weighted by Gasteiger charge is -2.35. The quantitative estimate of drug-likeness (QED) is 0.898. The molecular weight excluding hydrogens is 236 g/mol. The van der Waals surface area contributed by atoms with Gasteiger partial charge in [0.2, 0.25) is 0 Å². The maximum Gasteiger partial charge on any atom is 0.0668 e. The van der Waals surface area contributed by atoms with Gasteiger partial charge in [0, 0.05) is 12.6 Å². The van der Waals surface area contributed by atoms with Crippen LogP contribution in [0.3, 0.4) is 0 Å². The molecule has 1 saturated heterocycles. The van der Waals surface area contributed by atoms with E-state index < -0.39 is 0 Å². The molecule has 0 saturated carbocycles. The average Bonchev–Trinajstić information content (AvgIpc) is 2.31. The van der Waals surface area contributed by atoms with Crippen molar-refractivity contribution in [2.24, 2.45) is 5.73 Å². The molecule has 4 heteroatoms. The van der Waals surface area contributed by atoms with Crippen LogP contribution in [0.4, 0.5) is 5.69 Å². The van der Waals surface area contributed by atoms with Crippen molar-refractivity contribution in [1.29, 1.82) is 0 Å². The van der Waals surface area contributed by atoms with Gasteiger partial charge in [-0.2, -0.15) is 0 Å². The Bertz CT molecular complexity index is 384. The molecular formula is C13H19ClN2O. The lowest BCUT2D eigenvalue weighted by Crippen LogP contribution is -2.43. The molecule has 1 aromatic carbocycles. The zero-order valence-electron chi connectivity index (χ0n) is 10.2. The van der Waals surface area contributed by atoms with E-state index in [-0.39, 0.29) is 0 Å². The summed E-state index contributed by atoms with van der Waals surface area (Å²) in [6.45, 7) is 5.25. The molecule has 1 aromatic rings. The smallest absolute Gasteiger partial charge is 0.0668 e. The molecule has 1 aliphatic heterocycles. The summed E-state index contributed by atoms with van der Waals surface area (Å²) in [7, 11) is 0. The highest BCUT2D eigenvalue weighted by molar-refractivity contribution is 6.33. The Morgan fingerprint density at radius 1 is 1.53 bits per heavy atom. The van der Waals surface area contributed by atoms with Crippen molar-refractivity contribution in [2.45, 2.75) is 19.4 Å². The molecule has 1 fully saturated rings. The van der Waals surface area contributed by atoms with Crippen molar-refractivity contribution in [3.63, 3.8) is 0 Å². The molecule has 0 radical (unpaired) electrons. The van der Waals surface area contributed by atoms with E-state index in [0.717, 1.165) is 36.9 Å². The van der Waals surface area contributed by atoms with Gasteiger partial charge in [0.25, 0.3) is 0 Å². The number of benzene rings is 1. The van der Waals surface area contributed by atoms with Crippen molar-refractivity contribution < 1.29 is 4.74 Å². The SMILES string of the molecule is CC1COCCN1c1ccc(CCN)cc1Cl. The topological polar surface area (TPSA) is 38.5 Å². The van der Waals surface area contributed by atoms with Crippen LogP contribution in [0.25, 0.3) is 0 Å². The molecule has 94 valence electrons. The second kappa shape index (κ2) is 5.71. The normalized spacial score (nSPS) is 20.6. The fraction of sp³-hybridized carbons (Fsp3) is 0.538. The van der Waals surface area contributed by atoms with Gasteiger partial charge >= 0.3 is 0 Å². The summed E-state index contributed by atoms with van der Waals surface area (Å²) in [6.07, 6.45) is 0.874. The highest BCUT2D eigenvalue weighted by Gasteiger charge is 2.20. The van der Waals surface area contributed by atoms with E-state index in [0.29, 0.717) is 12.6 Å². The molecule has 0 aromatic heterocycles. The molecule has 1 aliphatic rings. The lowest BCUT2D eigenvalue weighted by atomic mass is 10.1. The van der Waals surface area contributed by atoms with E-state index in [2.05, 4.69) is 24.0 Å². The monoisotopic (exact) mass is 254 g/mol. The summed E-state index contributed by atoms with van der Waals surface area (Å²) in [6, 6.07) is 6.60. The number of nitrogens with zero attached hydrogens (tertiary/aromatic N) is 1. The summed E-state index contributed by atoms with van der Waals surface area (Å²) in [4.78, 5) is 2.30. The van der Waals surface area contributed by atoms with Crippen molar-refractivity contribution in [2.75, 3.05) is 31.2 Å². The number of anilines is 1. The van der Waals surface area contributed by atoms with Crippen LogP contribution in [-0.4, -0.2) is 32.3 Å². The second-order valence-electron chi connectivity index (χ2n) is 4.44. The van der Waals surface area contributed by atoms with E-state index in [9.17, 15) is 0 Å². The van der Waals surface area contributed by atoms with E-state index >= 15 is 0 Å². The van der Waals surface area contributed by atoms with E-state index in [1.165, 1.54) is 5.56 Å². The Morgan fingerprint density at radius 3 is 3.00 bits per heavy atom. The molecule has 0 amide bonds. The van der Waals surface area contributed by atoms with Gasteiger partial charge in [0.1, 0.15) is 0 Å². The van der Waals surface area contributed by atoms with Crippen LogP contribution < -0.4 is 10.6 Å². The lowest BCUT2D eigenvalue weighted by molar-refractivity contribution is 0.0989. The first-order chi connectivity index (χ1) is 8.22. The Morgan fingerprint density at radius 2 is 2.35 bits per heavy atom. The van der Waals surface area contributed by atoms with Crippen LogP contribution in [0.5, 0.6) is 0 Å². The average molecular weight is 255 g/mol. The zero-order valence-corrected chi connectivity index (χ0v) is 10.9. The summed E-state index contributed by atoms with van der Waals surface area (Å²) >= 11 is 6.34. The molecule has 17 heavy (non-hydrogen) atoms. The highest BCUT2D eigenvalue weighted by Crippen LogP contribution is 2.29. The number of rotatable bonds is 3. The predicted molar refractivity (Wildman–Crippen MR) is 71.8 cm³/mol. The Hall–Kier alpha value is -0.770. The van der Waals surface area contributed by atoms with Gasteiger partial charge in [-0.15, -0.1) is 0 Å². The molecule has 0 spiro atoms. The van der Waals surface area contributed by atoms with Crippen molar-refractivity contribution in [1.82, 2.24) is 0 Å². The van der Waals surface area contributed by atoms with Crippen LogP contribution in [0.2, 0.25) is 5.02 Å². The minimum Gasteiger partial charge on any atom is -0.377 e. The fourth-order valence-corrected chi connectivity index (χ4v) is 2.50. The zero-order chi connectivity index (χ0) is 12.3.